The second-order valence-electron chi connectivity index (χ2n) is 5.97. The average Bonchev–Trinajstić information content (AvgIpc) is 2.62. The first-order valence-electron chi connectivity index (χ1n) is 7.29. The molecule has 0 saturated carbocycles. The Hall–Kier alpha value is -0.410. The Morgan fingerprint density at radius 1 is 1.12 bits per heavy atom. The van der Waals surface area contributed by atoms with Crippen LogP contribution in [-0.4, -0.2) is 53.3 Å². The SMILES string of the molecule is CCN1CCCC(N2C3CCC2CC(=O)C3)C1. The average molecular weight is 236 g/mol. The van der Waals surface area contributed by atoms with Crippen LogP contribution >= 0.6 is 0 Å². The molecule has 3 heterocycles. The van der Waals surface area contributed by atoms with Gasteiger partial charge in [-0.15, -0.1) is 0 Å². The zero-order valence-electron chi connectivity index (χ0n) is 10.9. The van der Waals surface area contributed by atoms with E-state index in [1.54, 1.807) is 0 Å². The molecule has 3 heteroatoms. The van der Waals surface area contributed by atoms with Crippen LogP contribution in [0.15, 0.2) is 0 Å². The Morgan fingerprint density at radius 2 is 1.82 bits per heavy atom. The Balaban J connectivity index is 1.70. The molecule has 3 unspecified atom stereocenters. The molecule has 3 atom stereocenters. The zero-order valence-corrected chi connectivity index (χ0v) is 10.9. The minimum absolute atomic E-state index is 0.511. The van der Waals surface area contributed by atoms with Crippen molar-refractivity contribution in [1.82, 2.24) is 9.80 Å². The number of likely N-dealkylation sites (tertiary alicyclic amines) is 1. The van der Waals surface area contributed by atoms with Crippen LogP contribution in [0.2, 0.25) is 0 Å². The molecule has 0 radical (unpaired) electrons. The van der Waals surface area contributed by atoms with Gasteiger partial charge in [0.25, 0.3) is 0 Å². The van der Waals surface area contributed by atoms with E-state index in [0.717, 1.165) is 18.9 Å². The number of hydrogen-bond acceptors (Lipinski definition) is 3. The van der Waals surface area contributed by atoms with E-state index < -0.39 is 0 Å². The summed E-state index contributed by atoms with van der Waals surface area (Å²) in [7, 11) is 0. The van der Waals surface area contributed by atoms with Crippen molar-refractivity contribution < 1.29 is 4.79 Å². The number of carbonyl (C=O) groups excluding carboxylic acids is 1. The van der Waals surface area contributed by atoms with E-state index in [9.17, 15) is 4.79 Å². The Labute approximate surface area is 104 Å². The van der Waals surface area contributed by atoms with Crippen molar-refractivity contribution in [3.63, 3.8) is 0 Å². The van der Waals surface area contributed by atoms with Crippen molar-refractivity contribution in [3.05, 3.63) is 0 Å². The number of likely N-dealkylation sites (N-methyl/N-ethyl adjacent to an activating group) is 1. The number of nitrogens with zero attached hydrogens (tertiary/aromatic N) is 2. The second kappa shape index (κ2) is 4.69. The lowest BCUT2D eigenvalue weighted by atomic mass is 9.95. The lowest BCUT2D eigenvalue weighted by Crippen LogP contribution is -2.54. The van der Waals surface area contributed by atoms with Crippen LogP contribution in [0.3, 0.4) is 0 Å². The molecule has 0 aromatic heterocycles. The fourth-order valence-electron chi connectivity index (χ4n) is 4.16. The maximum atomic E-state index is 11.6. The quantitative estimate of drug-likeness (QED) is 0.728. The maximum absolute atomic E-state index is 11.6. The van der Waals surface area contributed by atoms with Crippen molar-refractivity contribution in [3.8, 4) is 0 Å². The number of rotatable bonds is 2. The summed E-state index contributed by atoms with van der Waals surface area (Å²) in [6.45, 7) is 5.95. The highest BCUT2D eigenvalue weighted by Crippen LogP contribution is 2.37. The molecule has 0 aromatic carbocycles. The van der Waals surface area contributed by atoms with Gasteiger partial charge in [-0.25, -0.2) is 0 Å². The van der Waals surface area contributed by atoms with Gasteiger partial charge in [0, 0.05) is 37.5 Å². The molecule has 2 bridgehead atoms. The van der Waals surface area contributed by atoms with Crippen LogP contribution in [0.5, 0.6) is 0 Å². The van der Waals surface area contributed by atoms with E-state index in [2.05, 4.69) is 16.7 Å². The van der Waals surface area contributed by atoms with E-state index in [-0.39, 0.29) is 0 Å². The van der Waals surface area contributed by atoms with Crippen LogP contribution in [0.25, 0.3) is 0 Å². The normalized spacial score (nSPS) is 39.8. The molecule has 3 fully saturated rings. The third kappa shape index (κ3) is 2.15. The predicted octanol–water partition coefficient (Wildman–Crippen LogP) is 1.67. The minimum atomic E-state index is 0.511. The molecule has 3 rings (SSSR count). The summed E-state index contributed by atoms with van der Waals surface area (Å²) >= 11 is 0. The molecule has 3 aliphatic heterocycles. The fourth-order valence-corrected chi connectivity index (χ4v) is 4.16. The molecule has 96 valence electrons. The van der Waals surface area contributed by atoms with Gasteiger partial charge in [-0.1, -0.05) is 6.92 Å². The van der Waals surface area contributed by atoms with Gasteiger partial charge >= 0.3 is 0 Å². The molecule has 3 saturated heterocycles. The lowest BCUT2D eigenvalue weighted by Gasteiger charge is -2.44. The van der Waals surface area contributed by atoms with Gasteiger partial charge in [0.05, 0.1) is 0 Å². The highest BCUT2D eigenvalue weighted by molar-refractivity contribution is 5.81. The molecule has 0 amide bonds. The van der Waals surface area contributed by atoms with Gasteiger partial charge in [0.1, 0.15) is 5.78 Å². The van der Waals surface area contributed by atoms with Gasteiger partial charge < -0.3 is 4.90 Å². The number of piperidine rings is 2. The van der Waals surface area contributed by atoms with Gasteiger partial charge in [-0.2, -0.15) is 0 Å². The molecule has 3 nitrogen and oxygen atoms in total. The number of carbonyl (C=O) groups is 1. The molecule has 17 heavy (non-hydrogen) atoms. The van der Waals surface area contributed by atoms with E-state index in [1.165, 1.54) is 45.3 Å². The standard InChI is InChI=1S/C14H24N2O/c1-2-15-7-3-4-13(10-15)16-11-5-6-12(16)9-14(17)8-11/h11-13H,2-10H2,1H3. The van der Waals surface area contributed by atoms with Crippen molar-refractivity contribution in [2.75, 3.05) is 19.6 Å². The Kier molecular flexibility index (Phi) is 3.22. The van der Waals surface area contributed by atoms with E-state index in [1.807, 2.05) is 0 Å². The monoisotopic (exact) mass is 236 g/mol. The molecular formula is C14H24N2O. The summed E-state index contributed by atoms with van der Waals surface area (Å²) in [6.07, 6.45) is 6.87. The lowest BCUT2D eigenvalue weighted by molar-refractivity contribution is -0.124. The van der Waals surface area contributed by atoms with Crippen LogP contribution < -0.4 is 0 Å². The Bertz CT molecular complexity index is 289. The molecule has 0 aliphatic carbocycles. The fraction of sp³-hybridized carbons (Fsp3) is 0.929. The summed E-state index contributed by atoms with van der Waals surface area (Å²) < 4.78 is 0. The zero-order chi connectivity index (χ0) is 11.8. The van der Waals surface area contributed by atoms with Crippen molar-refractivity contribution in [2.24, 2.45) is 0 Å². The highest BCUT2D eigenvalue weighted by atomic mass is 16.1. The van der Waals surface area contributed by atoms with Crippen LogP contribution in [0.1, 0.15) is 45.4 Å². The van der Waals surface area contributed by atoms with E-state index >= 15 is 0 Å². The molecule has 0 aromatic rings. The molecule has 3 aliphatic rings. The minimum Gasteiger partial charge on any atom is -0.302 e. The number of Topliss-reactive ketones (excluding diaryl/α,β-unsaturated/α-hetero) is 1. The Morgan fingerprint density at radius 3 is 2.47 bits per heavy atom. The molecular weight excluding hydrogens is 212 g/mol. The summed E-state index contributed by atoms with van der Waals surface area (Å²) in [6, 6.07) is 1.90. The van der Waals surface area contributed by atoms with Crippen molar-refractivity contribution in [2.45, 2.75) is 63.6 Å². The summed E-state index contributed by atoms with van der Waals surface area (Å²) in [5, 5.41) is 0. The van der Waals surface area contributed by atoms with Gasteiger partial charge in [0.2, 0.25) is 0 Å². The van der Waals surface area contributed by atoms with Gasteiger partial charge in [0.15, 0.2) is 0 Å². The topological polar surface area (TPSA) is 23.6 Å². The van der Waals surface area contributed by atoms with E-state index in [4.69, 9.17) is 0 Å². The third-order valence-electron chi connectivity index (χ3n) is 4.95. The first-order chi connectivity index (χ1) is 8.28. The largest absolute Gasteiger partial charge is 0.302 e. The third-order valence-corrected chi connectivity index (χ3v) is 4.95. The maximum Gasteiger partial charge on any atom is 0.136 e. The molecule has 0 N–H and O–H groups in total. The highest BCUT2D eigenvalue weighted by Gasteiger charge is 2.43. The summed E-state index contributed by atoms with van der Waals surface area (Å²) in [4.78, 5) is 16.9. The number of fused-ring (bicyclic) bond motifs is 2. The smallest absolute Gasteiger partial charge is 0.136 e. The van der Waals surface area contributed by atoms with Gasteiger partial charge in [-0.05, 0) is 38.8 Å². The summed E-state index contributed by atoms with van der Waals surface area (Å²) in [5.74, 6) is 0.511. The molecule has 0 spiro atoms. The number of hydrogen-bond donors (Lipinski definition) is 0. The first-order valence-corrected chi connectivity index (χ1v) is 7.29. The van der Waals surface area contributed by atoms with E-state index in [0.29, 0.717) is 17.9 Å². The summed E-state index contributed by atoms with van der Waals surface area (Å²) in [5.41, 5.74) is 0. The number of ketones is 1. The van der Waals surface area contributed by atoms with Crippen LogP contribution in [-0.2, 0) is 4.79 Å². The van der Waals surface area contributed by atoms with Crippen LogP contribution in [0.4, 0.5) is 0 Å². The van der Waals surface area contributed by atoms with Crippen molar-refractivity contribution >= 4 is 5.78 Å². The van der Waals surface area contributed by atoms with Gasteiger partial charge in [-0.3, -0.25) is 9.69 Å². The van der Waals surface area contributed by atoms with Crippen LogP contribution in [0, 0.1) is 0 Å². The van der Waals surface area contributed by atoms with Crippen molar-refractivity contribution in [1.29, 1.82) is 0 Å². The second-order valence-corrected chi connectivity index (χ2v) is 5.97. The first kappa shape index (κ1) is 11.7. The predicted molar refractivity (Wildman–Crippen MR) is 68.0 cm³/mol.